The van der Waals surface area contributed by atoms with Crippen LogP contribution in [0.25, 0.3) is 0 Å². The van der Waals surface area contributed by atoms with E-state index in [1.165, 1.54) is 5.69 Å². The Kier molecular flexibility index (Phi) is 3.05. The molecule has 0 radical (unpaired) electrons. The molecule has 2 aromatic rings. The lowest BCUT2D eigenvalue weighted by molar-refractivity contribution is 0.369. The van der Waals surface area contributed by atoms with Crippen molar-refractivity contribution in [2.24, 2.45) is 0 Å². The fourth-order valence-electron chi connectivity index (χ4n) is 2.28. The van der Waals surface area contributed by atoms with Gasteiger partial charge in [-0.1, -0.05) is 13.8 Å². The zero-order chi connectivity index (χ0) is 13.4. The number of hydrogen-bond acceptors (Lipinski definition) is 2. The fourth-order valence-corrected chi connectivity index (χ4v) is 2.28. The van der Waals surface area contributed by atoms with Crippen molar-refractivity contribution in [3.8, 4) is 0 Å². The van der Waals surface area contributed by atoms with E-state index in [1.807, 2.05) is 0 Å². The van der Waals surface area contributed by atoms with Crippen LogP contribution in [0.15, 0.2) is 24.7 Å². The van der Waals surface area contributed by atoms with Crippen LogP contribution in [0, 0.1) is 0 Å². The van der Waals surface area contributed by atoms with Gasteiger partial charge in [-0.05, 0) is 39.3 Å². The molecule has 0 spiro atoms. The number of rotatable bonds is 3. The molecule has 2 rings (SSSR count). The van der Waals surface area contributed by atoms with Crippen LogP contribution >= 0.6 is 0 Å². The maximum Gasteiger partial charge on any atom is 0.156 e. The molecule has 4 heteroatoms. The molecule has 0 aliphatic carbocycles. The van der Waals surface area contributed by atoms with Crippen LogP contribution in [-0.4, -0.2) is 19.7 Å². The van der Waals surface area contributed by atoms with Crippen LogP contribution < -0.4 is 0 Å². The molecular formula is C14H22N4. The van der Waals surface area contributed by atoms with Crippen molar-refractivity contribution < 1.29 is 0 Å². The molecule has 2 aromatic heterocycles. The second kappa shape index (κ2) is 4.26. The van der Waals surface area contributed by atoms with Gasteiger partial charge >= 0.3 is 0 Å². The second-order valence-electron chi connectivity index (χ2n) is 6.42. The van der Waals surface area contributed by atoms with Crippen LogP contribution in [0.4, 0.5) is 0 Å². The average Bonchev–Trinajstić information content (AvgIpc) is 2.83. The van der Waals surface area contributed by atoms with E-state index in [1.54, 1.807) is 6.33 Å². The quantitative estimate of drug-likeness (QED) is 0.905. The third-order valence-corrected chi connectivity index (χ3v) is 3.20. The zero-order valence-corrected chi connectivity index (χ0v) is 11.9. The summed E-state index contributed by atoms with van der Waals surface area (Å²) >= 11 is 0. The van der Waals surface area contributed by atoms with Gasteiger partial charge < -0.3 is 4.57 Å². The Balaban J connectivity index is 2.28. The molecule has 0 aliphatic rings. The van der Waals surface area contributed by atoms with Crippen molar-refractivity contribution >= 4 is 0 Å². The highest BCUT2D eigenvalue weighted by atomic mass is 15.2. The number of nitrogens with one attached hydrogen (secondary N) is 1. The summed E-state index contributed by atoms with van der Waals surface area (Å²) in [5.74, 6) is 0.865. The van der Waals surface area contributed by atoms with E-state index in [0.717, 1.165) is 12.2 Å². The van der Waals surface area contributed by atoms with Crippen LogP contribution in [0.5, 0.6) is 0 Å². The first-order valence-corrected chi connectivity index (χ1v) is 6.34. The fraction of sp³-hybridized carbons (Fsp3) is 0.571. The van der Waals surface area contributed by atoms with Crippen LogP contribution in [-0.2, 0) is 17.4 Å². The van der Waals surface area contributed by atoms with E-state index in [0.29, 0.717) is 0 Å². The van der Waals surface area contributed by atoms with Crippen molar-refractivity contribution in [2.75, 3.05) is 0 Å². The van der Waals surface area contributed by atoms with E-state index in [4.69, 9.17) is 0 Å². The predicted octanol–water partition coefficient (Wildman–Crippen LogP) is 2.88. The van der Waals surface area contributed by atoms with E-state index >= 15 is 0 Å². The van der Waals surface area contributed by atoms with Crippen molar-refractivity contribution in [3.63, 3.8) is 0 Å². The van der Waals surface area contributed by atoms with Crippen molar-refractivity contribution in [1.29, 1.82) is 0 Å². The zero-order valence-electron chi connectivity index (χ0n) is 11.9. The first-order valence-electron chi connectivity index (χ1n) is 6.34. The molecule has 18 heavy (non-hydrogen) atoms. The second-order valence-corrected chi connectivity index (χ2v) is 6.42. The third-order valence-electron chi connectivity index (χ3n) is 3.20. The average molecular weight is 246 g/mol. The smallest absolute Gasteiger partial charge is 0.156 e. The lowest BCUT2D eigenvalue weighted by Crippen LogP contribution is -2.28. The molecule has 1 N–H and O–H groups in total. The predicted molar refractivity (Wildman–Crippen MR) is 72.5 cm³/mol. The maximum atomic E-state index is 4.28. The van der Waals surface area contributed by atoms with Crippen LogP contribution in [0.1, 0.15) is 46.1 Å². The summed E-state index contributed by atoms with van der Waals surface area (Å²) in [4.78, 5) is 4.28. The summed E-state index contributed by atoms with van der Waals surface area (Å²) in [6.45, 7) is 11.0. The van der Waals surface area contributed by atoms with Gasteiger partial charge in [-0.25, -0.2) is 4.98 Å². The van der Waals surface area contributed by atoms with Gasteiger partial charge in [-0.3, -0.25) is 5.10 Å². The maximum absolute atomic E-state index is 4.28. The highest BCUT2D eigenvalue weighted by Gasteiger charge is 2.27. The molecule has 98 valence electrons. The minimum atomic E-state index is -0.0681. The third kappa shape index (κ3) is 2.47. The molecule has 0 saturated heterocycles. The number of aromatic amines is 1. The molecule has 0 atom stereocenters. The van der Waals surface area contributed by atoms with Crippen molar-refractivity contribution in [2.45, 2.75) is 52.0 Å². The van der Waals surface area contributed by atoms with Gasteiger partial charge in [0.05, 0.1) is 0 Å². The minimum Gasteiger partial charge on any atom is -0.346 e. The Morgan fingerprint density at radius 1 is 1.22 bits per heavy atom. The molecule has 0 amide bonds. The topological polar surface area (TPSA) is 46.5 Å². The molecule has 0 aliphatic heterocycles. The molecule has 4 nitrogen and oxygen atoms in total. The van der Waals surface area contributed by atoms with E-state index in [9.17, 15) is 0 Å². The van der Waals surface area contributed by atoms with Gasteiger partial charge in [0.25, 0.3) is 0 Å². The largest absolute Gasteiger partial charge is 0.346 e. The number of hydrogen-bond donors (Lipinski definition) is 1. The van der Waals surface area contributed by atoms with Gasteiger partial charge in [0.2, 0.25) is 0 Å². The van der Waals surface area contributed by atoms with Gasteiger partial charge in [0, 0.05) is 22.8 Å². The summed E-state index contributed by atoms with van der Waals surface area (Å²) in [5.41, 5.74) is 1.35. The van der Waals surface area contributed by atoms with Gasteiger partial charge in [0.15, 0.2) is 5.82 Å². The van der Waals surface area contributed by atoms with Crippen molar-refractivity contribution in [3.05, 3.63) is 36.2 Å². The lowest BCUT2D eigenvalue weighted by atomic mass is 9.86. The molecule has 0 fully saturated rings. The molecule has 0 saturated carbocycles. The molecule has 0 bridgehead atoms. The summed E-state index contributed by atoms with van der Waals surface area (Å²) in [5, 5.41) is 7.01. The normalized spacial score (nSPS) is 12.9. The number of aromatic nitrogens is 4. The minimum absolute atomic E-state index is 0.0681. The highest BCUT2D eigenvalue weighted by molar-refractivity contribution is 5.16. The Hall–Kier alpha value is -1.58. The number of H-pyrrole nitrogens is 1. The van der Waals surface area contributed by atoms with Gasteiger partial charge in [-0.15, -0.1) is 0 Å². The first kappa shape index (κ1) is 12.9. The SMILES string of the molecule is CC(C)(Cc1cccn1C(C)(C)C)c1nc[nH]n1. The highest BCUT2D eigenvalue weighted by Crippen LogP contribution is 2.27. The lowest BCUT2D eigenvalue weighted by Gasteiger charge is -2.28. The standard InChI is InChI=1S/C14H22N4/c1-13(2,3)18-8-6-7-11(18)9-14(4,5)12-15-10-16-17-12/h6-8,10H,9H2,1-5H3,(H,15,16,17). The number of nitrogens with zero attached hydrogens (tertiary/aromatic N) is 3. The molecular weight excluding hydrogens is 224 g/mol. The van der Waals surface area contributed by atoms with Crippen LogP contribution in [0.2, 0.25) is 0 Å². The summed E-state index contributed by atoms with van der Waals surface area (Å²) in [6, 6.07) is 4.29. The van der Waals surface area contributed by atoms with E-state index in [2.05, 4.69) is 72.7 Å². The Labute approximate surface area is 108 Å². The molecule has 2 heterocycles. The summed E-state index contributed by atoms with van der Waals surface area (Å²) < 4.78 is 2.32. The summed E-state index contributed by atoms with van der Waals surface area (Å²) in [6.07, 6.45) is 4.71. The van der Waals surface area contributed by atoms with Crippen molar-refractivity contribution in [1.82, 2.24) is 19.7 Å². The van der Waals surface area contributed by atoms with Gasteiger partial charge in [-0.2, -0.15) is 5.10 Å². The first-order chi connectivity index (χ1) is 8.31. The monoisotopic (exact) mass is 246 g/mol. The Morgan fingerprint density at radius 3 is 2.50 bits per heavy atom. The van der Waals surface area contributed by atoms with Gasteiger partial charge in [0.1, 0.15) is 6.33 Å². The molecule has 0 unspecified atom stereocenters. The van der Waals surface area contributed by atoms with E-state index < -0.39 is 0 Å². The Bertz CT molecular complexity index is 500. The molecule has 0 aromatic carbocycles. The van der Waals surface area contributed by atoms with E-state index in [-0.39, 0.29) is 11.0 Å². The Morgan fingerprint density at radius 2 is 1.94 bits per heavy atom. The summed E-state index contributed by atoms with van der Waals surface area (Å²) in [7, 11) is 0. The van der Waals surface area contributed by atoms with Crippen LogP contribution in [0.3, 0.4) is 0 Å².